The van der Waals surface area contributed by atoms with Crippen LogP contribution in [0.15, 0.2) is 47.4 Å². The molecule has 140 valence electrons. The maximum absolute atomic E-state index is 12.5. The molecule has 2 N–H and O–H groups in total. The molecule has 0 atom stereocenters. The van der Waals surface area contributed by atoms with Gasteiger partial charge in [0.15, 0.2) is 0 Å². The van der Waals surface area contributed by atoms with Gasteiger partial charge in [-0.05, 0) is 75.7 Å². The number of carbonyl (C=O) groups excluding carboxylic acids is 1. The van der Waals surface area contributed by atoms with Gasteiger partial charge in [-0.25, -0.2) is 8.42 Å². The minimum absolute atomic E-state index is 0.132. The summed E-state index contributed by atoms with van der Waals surface area (Å²) in [7, 11) is -2.21. The number of ether oxygens (including phenoxy) is 1. The first kappa shape index (κ1) is 19.8. The van der Waals surface area contributed by atoms with Crippen molar-refractivity contribution in [2.75, 3.05) is 11.8 Å². The summed E-state index contributed by atoms with van der Waals surface area (Å²) < 4.78 is 32.6. The SMILES string of the molecule is COc1ccc(S(=O)(=O)Nc2ccc(C(=O)NC(C)(C)C)cc2C)cc1. The largest absolute Gasteiger partial charge is 0.497 e. The van der Waals surface area contributed by atoms with Crippen LogP contribution < -0.4 is 14.8 Å². The van der Waals surface area contributed by atoms with Crippen molar-refractivity contribution < 1.29 is 17.9 Å². The van der Waals surface area contributed by atoms with Gasteiger partial charge in [-0.1, -0.05) is 0 Å². The zero-order valence-electron chi connectivity index (χ0n) is 15.6. The lowest BCUT2D eigenvalue weighted by molar-refractivity contribution is 0.0919. The number of amides is 1. The molecule has 0 radical (unpaired) electrons. The molecule has 0 aliphatic rings. The van der Waals surface area contributed by atoms with E-state index in [0.717, 1.165) is 0 Å². The van der Waals surface area contributed by atoms with E-state index in [2.05, 4.69) is 10.0 Å². The van der Waals surface area contributed by atoms with Gasteiger partial charge < -0.3 is 10.1 Å². The minimum atomic E-state index is -3.73. The Bertz CT molecular complexity index is 898. The van der Waals surface area contributed by atoms with Crippen LogP contribution in [0.3, 0.4) is 0 Å². The van der Waals surface area contributed by atoms with E-state index in [4.69, 9.17) is 4.74 Å². The van der Waals surface area contributed by atoms with Crippen LogP contribution in [0.1, 0.15) is 36.7 Å². The van der Waals surface area contributed by atoms with Crippen LogP contribution in [0.4, 0.5) is 5.69 Å². The molecule has 0 aliphatic carbocycles. The third kappa shape index (κ3) is 4.98. The molecule has 0 unspecified atom stereocenters. The van der Waals surface area contributed by atoms with E-state index in [1.54, 1.807) is 37.3 Å². The number of nitrogens with one attached hydrogen (secondary N) is 2. The van der Waals surface area contributed by atoms with Crippen LogP contribution >= 0.6 is 0 Å². The Kier molecular flexibility index (Phi) is 5.61. The first-order chi connectivity index (χ1) is 12.0. The van der Waals surface area contributed by atoms with Crippen LogP contribution in [0.25, 0.3) is 0 Å². The number of anilines is 1. The molecule has 2 rings (SSSR count). The molecule has 0 bridgehead atoms. The molecule has 2 aromatic carbocycles. The Morgan fingerprint density at radius 1 is 1.04 bits per heavy atom. The highest BCUT2D eigenvalue weighted by molar-refractivity contribution is 7.92. The van der Waals surface area contributed by atoms with E-state index < -0.39 is 10.0 Å². The first-order valence-electron chi connectivity index (χ1n) is 8.12. The minimum Gasteiger partial charge on any atom is -0.497 e. The average molecular weight is 376 g/mol. The topological polar surface area (TPSA) is 84.5 Å². The maximum Gasteiger partial charge on any atom is 0.261 e. The fourth-order valence-electron chi connectivity index (χ4n) is 2.29. The Hall–Kier alpha value is -2.54. The molecule has 26 heavy (non-hydrogen) atoms. The summed E-state index contributed by atoms with van der Waals surface area (Å²) in [4.78, 5) is 12.4. The molecule has 0 aliphatic heterocycles. The summed E-state index contributed by atoms with van der Waals surface area (Å²) in [6.07, 6.45) is 0. The molecule has 0 saturated carbocycles. The summed E-state index contributed by atoms with van der Waals surface area (Å²) in [5.41, 5.74) is 1.21. The summed E-state index contributed by atoms with van der Waals surface area (Å²) in [5, 5.41) is 2.88. The lowest BCUT2D eigenvalue weighted by atomic mass is 10.1. The Balaban J connectivity index is 2.22. The normalized spacial score (nSPS) is 11.7. The molecule has 7 heteroatoms. The lowest BCUT2D eigenvalue weighted by Gasteiger charge is -2.21. The molecule has 0 saturated heterocycles. The van der Waals surface area contributed by atoms with E-state index in [0.29, 0.717) is 22.6 Å². The zero-order valence-corrected chi connectivity index (χ0v) is 16.4. The zero-order chi connectivity index (χ0) is 19.5. The number of aryl methyl sites for hydroxylation is 1. The van der Waals surface area contributed by atoms with Gasteiger partial charge >= 0.3 is 0 Å². The van der Waals surface area contributed by atoms with Crippen LogP contribution in [0.2, 0.25) is 0 Å². The Morgan fingerprint density at radius 3 is 2.15 bits per heavy atom. The highest BCUT2D eigenvalue weighted by Gasteiger charge is 2.18. The number of carbonyl (C=O) groups is 1. The summed E-state index contributed by atoms with van der Waals surface area (Å²) in [6.45, 7) is 7.44. The van der Waals surface area contributed by atoms with Crippen molar-refractivity contribution in [3.63, 3.8) is 0 Å². The van der Waals surface area contributed by atoms with E-state index in [-0.39, 0.29) is 16.3 Å². The number of rotatable bonds is 5. The lowest BCUT2D eigenvalue weighted by Crippen LogP contribution is -2.40. The number of sulfonamides is 1. The van der Waals surface area contributed by atoms with Crippen molar-refractivity contribution in [3.8, 4) is 5.75 Å². The van der Waals surface area contributed by atoms with Gasteiger partial charge in [-0.3, -0.25) is 9.52 Å². The van der Waals surface area contributed by atoms with Crippen LogP contribution in [0.5, 0.6) is 5.75 Å². The highest BCUT2D eigenvalue weighted by atomic mass is 32.2. The van der Waals surface area contributed by atoms with Crippen molar-refractivity contribution in [1.29, 1.82) is 0 Å². The van der Waals surface area contributed by atoms with Gasteiger partial charge in [0.2, 0.25) is 0 Å². The van der Waals surface area contributed by atoms with Crippen LogP contribution in [-0.2, 0) is 10.0 Å². The van der Waals surface area contributed by atoms with E-state index in [1.165, 1.54) is 19.2 Å². The monoisotopic (exact) mass is 376 g/mol. The fraction of sp³-hybridized carbons (Fsp3) is 0.316. The quantitative estimate of drug-likeness (QED) is 0.838. The second-order valence-electron chi connectivity index (χ2n) is 7.01. The molecule has 2 aromatic rings. The van der Waals surface area contributed by atoms with Crippen molar-refractivity contribution in [1.82, 2.24) is 5.32 Å². The second-order valence-corrected chi connectivity index (χ2v) is 8.70. The summed E-state index contributed by atoms with van der Waals surface area (Å²) in [6, 6.07) is 11.0. The van der Waals surface area contributed by atoms with Crippen LogP contribution in [0, 0.1) is 6.92 Å². The van der Waals surface area contributed by atoms with Crippen LogP contribution in [-0.4, -0.2) is 27.0 Å². The Morgan fingerprint density at radius 2 is 1.65 bits per heavy atom. The van der Waals surface area contributed by atoms with Crippen molar-refractivity contribution in [2.45, 2.75) is 38.1 Å². The molecular weight excluding hydrogens is 352 g/mol. The molecule has 1 amide bonds. The standard InChI is InChI=1S/C19H24N2O4S/c1-13-12-14(18(22)20-19(2,3)4)6-11-17(13)21-26(23,24)16-9-7-15(25-5)8-10-16/h6-12,21H,1-5H3,(H,20,22). The highest BCUT2D eigenvalue weighted by Crippen LogP contribution is 2.22. The van der Waals surface area contributed by atoms with Crippen molar-refractivity contribution >= 4 is 21.6 Å². The van der Waals surface area contributed by atoms with Gasteiger partial charge in [0.05, 0.1) is 17.7 Å². The average Bonchev–Trinajstić information content (AvgIpc) is 2.55. The molecular formula is C19H24N2O4S. The smallest absolute Gasteiger partial charge is 0.261 e. The number of hydrogen-bond acceptors (Lipinski definition) is 4. The molecule has 0 heterocycles. The van der Waals surface area contributed by atoms with Gasteiger partial charge in [-0.2, -0.15) is 0 Å². The van der Waals surface area contributed by atoms with E-state index >= 15 is 0 Å². The van der Waals surface area contributed by atoms with Gasteiger partial charge in [-0.15, -0.1) is 0 Å². The molecule has 0 fully saturated rings. The fourth-order valence-corrected chi connectivity index (χ4v) is 3.42. The van der Waals surface area contributed by atoms with E-state index in [1.807, 2.05) is 20.8 Å². The molecule has 0 aromatic heterocycles. The van der Waals surface area contributed by atoms with Gasteiger partial charge in [0, 0.05) is 11.1 Å². The van der Waals surface area contributed by atoms with Crippen molar-refractivity contribution in [2.24, 2.45) is 0 Å². The summed E-state index contributed by atoms with van der Waals surface area (Å²) >= 11 is 0. The third-order valence-electron chi connectivity index (χ3n) is 3.59. The number of benzene rings is 2. The van der Waals surface area contributed by atoms with Gasteiger partial charge in [0.1, 0.15) is 5.75 Å². The molecule has 6 nitrogen and oxygen atoms in total. The summed E-state index contributed by atoms with van der Waals surface area (Å²) in [5.74, 6) is 0.375. The third-order valence-corrected chi connectivity index (χ3v) is 4.97. The van der Waals surface area contributed by atoms with Gasteiger partial charge in [0.25, 0.3) is 15.9 Å². The maximum atomic E-state index is 12.5. The molecule has 0 spiro atoms. The van der Waals surface area contributed by atoms with E-state index in [9.17, 15) is 13.2 Å². The van der Waals surface area contributed by atoms with Crippen molar-refractivity contribution in [3.05, 3.63) is 53.6 Å². The number of methoxy groups -OCH3 is 1. The second kappa shape index (κ2) is 7.37. The number of hydrogen-bond donors (Lipinski definition) is 2. The Labute approximate surface area is 154 Å². The first-order valence-corrected chi connectivity index (χ1v) is 9.60. The predicted molar refractivity (Wildman–Crippen MR) is 102 cm³/mol. The predicted octanol–water partition coefficient (Wildman–Crippen LogP) is 3.33.